The lowest BCUT2D eigenvalue weighted by molar-refractivity contribution is -0.121. The maximum atomic E-state index is 11.5. The average molecular weight is 245 g/mol. The molecule has 1 amide bonds. The number of carbonyl (C=O) groups is 1. The molecule has 0 spiro atoms. The molecule has 0 aliphatic rings. The highest BCUT2D eigenvalue weighted by atomic mass is 16.5. The van der Waals surface area contributed by atoms with Gasteiger partial charge in [0.05, 0.1) is 13.2 Å². The Morgan fingerprint density at radius 1 is 1.35 bits per heavy atom. The molecule has 102 valence electrons. The van der Waals surface area contributed by atoms with Crippen LogP contribution in [-0.2, 0) is 9.53 Å². The summed E-state index contributed by atoms with van der Waals surface area (Å²) < 4.78 is 4.89. The average Bonchev–Trinajstić information content (AvgIpc) is 2.31. The molecule has 1 atom stereocenters. The van der Waals surface area contributed by atoms with Gasteiger partial charge in [-0.05, 0) is 20.0 Å². The minimum atomic E-state index is 0.0424. The van der Waals surface area contributed by atoms with Crippen LogP contribution in [0, 0.1) is 0 Å². The van der Waals surface area contributed by atoms with Crippen LogP contribution in [0.3, 0.4) is 0 Å². The van der Waals surface area contributed by atoms with Crippen molar-refractivity contribution in [1.29, 1.82) is 0 Å². The molecular weight excluding hydrogens is 218 g/mol. The first-order valence-electron chi connectivity index (χ1n) is 6.35. The van der Waals surface area contributed by atoms with Crippen LogP contribution in [0.5, 0.6) is 0 Å². The van der Waals surface area contributed by atoms with Crippen molar-refractivity contribution in [2.24, 2.45) is 0 Å². The van der Waals surface area contributed by atoms with Crippen molar-refractivity contribution in [3.8, 4) is 0 Å². The molecule has 0 aliphatic heterocycles. The zero-order valence-corrected chi connectivity index (χ0v) is 11.6. The normalized spacial score (nSPS) is 12.8. The van der Waals surface area contributed by atoms with Crippen molar-refractivity contribution < 1.29 is 9.53 Å². The molecule has 0 saturated carbocycles. The van der Waals surface area contributed by atoms with Crippen molar-refractivity contribution in [3.05, 3.63) is 0 Å². The largest absolute Gasteiger partial charge is 0.383 e. The Hall–Kier alpha value is -0.650. The predicted molar refractivity (Wildman–Crippen MR) is 70.1 cm³/mol. The second-order valence-electron chi connectivity index (χ2n) is 4.12. The van der Waals surface area contributed by atoms with Gasteiger partial charge < -0.3 is 20.3 Å². The number of methoxy groups -OCH3 is 1. The second-order valence-corrected chi connectivity index (χ2v) is 4.12. The summed E-state index contributed by atoms with van der Waals surface area (Å²) in [5, 5.41) is 5.99. The number of ether oxygens (including phenoxy) is 1. The maximum absolute atomic E-state index is 11.5. The number of amides is 1. The number of rotatable bonds is 10. The Bertz CT molecular complexity index is 196. The molecular formula is C12H27N3O2. The van der Waals surface area contributed by atoms with Gasteiger partial charge in [0.15, 0.2) is 0 Å². The van der Waals surface area contributed by atoms with Gasteiger partial charge >= 0.3 is 0 Å². The highest BCUT2D eigenvalue weighted by molar-refractivity contribution is 5.78. The summed E-state index contributed by atoms with van der Waals surface area (Å²) >= 11 is 0. The van der Waals surface area contributed by atoms with E-state index in [4.69, 9.17) is 4.74 Å². The van der Waals surface area contributed by atoms with Crippen molar-refractivity contribution in [2.45, 2.75) is 26.8 Å². The molecule has 0 aliphatic carbocycles. The number of nitrogens with zero attached hydrogens (tertiary/aromatic N) is 1. The Balaban J connectivity index is 3.64. The van der Waals surface area contributed by atoms with E-state index in [1.165, 1.54) is 0 Å². The van der Waals surface area contributed by atoms with Crippen molar-refractivity contribution >= 4 is 5.91 Å². The third-order valence-electron chi connectivity index (χ3n) is 2.60. The molecule has 5 heteroatoms. The number of hydrogen-bond acceptors (Lipinski definition) is 4. The van der Waals surface area contributed by atoms with Gasteiger partial charge in [0.2, 0.25) is 5.91 Å². The van der Waals surface area contributed by atoms with E-state index in [-0.39, 0.29) is 11.9 Å². The first kappa shape index (κ1) is 16.4. The Kier molecular flexibility index (Phi) is 10.1. The van der Waals surface area contributed by atoms with Crippen LogP contribution < -0.4 is 10.6 Å². The summed E-state index contributed by atoms with van der Waals surface area (Å²) in [6, 6.07) is 0.187. The minimum Gasteiger partial charge on any atom is -0.383 e. The van der Waals surface area contributed by atoms with Gasteiger partial charge in [-0.15, -0.1) is 0 Å². The van der Waals surface area contributed by atoms with Crippen LogP contribution in [0.4, 0.5) is 0 Å². The van der Waals surface area contributed by atoms with E-state index in [1.807, 2.05) is 6.92 Å². The van der Waals surface area contributed by atoms with Gasteiger partial charge in [-0.2, -0.15) is 0 Å². The van der Waals surface area contributed by atoms with E-state index in [2.05, 4.69) is 29.4 Å². The van der Waals surface area contributed by atoms with Crippen LogP contribution in [0.15, 0.2) is 0 Å². The summed E-state index contributed by atoms with van der Waals surface area (Å²) in [6.07, 6.45) is 0. The fourth-order valence-electron chi connectivity index (χ4n) is 1.62. The van der Waals surface area contributed by atoms with Gasteiger partial charge in [0, 0.05) is 26.2 Å². The van der Waals surface area contributed by atoms with Crippen LogP contribution in [-0.4, -0.2) is 63.3 Å². The lowest BCUT2D eigenvalue weighted by Gasteiger charge is -2.23. The van der Waals surface area contributed by atoms with Crippen LogP contribution in [0.2, 0.25) is 0 Å². The fraction of sp³-hybridized carbons (Fsp3) is 0.917. The number of carbonyl (C=O) groups excluding carboxylic acids is 1. The fourth-order valence-corrected chi connectivity index (χ4v) is 1.62. The third-order valence-corrected chi connectivity index (χ3v) is 2.60. The zero-order valence-electron chi connectivity index (χ0n) is 11.6. The van der Waals surface area contributed by atoms with Crippen LogP contribution in [0.25, 0.3) is 0 Å². The number of nitrogens with one attached hydrogen (secondary N) is 2. The lowest BCUT2D eigenvalue weighted by atomic mass is 10.3. The molecule has 0 radical (unpaired) electrons. The zero-order chi connectivity index (χ0) is 13.1. The molecule has 1 unspecified atom stereocenters. The Morgan fingerprint density at radius 3 is 2.53 bits per heavy atom. The molecule has 0 saturated heterocycles. The first-order chi connectivity index (χ1) is 8.13. The number of hydrogen-bond donors (Lipinski definition) is 2. The molecule has 0 bridgehead atoms. The molecule has 0 heterocycles. The van der Waals surface area contributed by atoms with Gasteiger partial charge in [-0.3, -0.25) is 4.79 Å². The summed E-state index contributed by atoms with van der Waals surface area (Å²) in [6.45, 7) is 10.9. The lowest BCUT2D eigenvalue weighted by Crippen LogP contribution is -2.45. The molecule has 5 nitrogen and oxygen atoms in total. The summed E-state index contributed by atoms with van der Waals surface area (Å²) in [5.41, 5.74) is 0. The SMILES string of the molecule is CCN(CC)CC(C)NC(=O)CNCCOC. The summed E-state index contributed by atoms with van der Waals surface area (Å²) in [5.74, 6) is 0.0424. The first-order valence-corrected chi connectivity index (χ1v) is 6.35. The smallest absolute Gasteiger partial charge is 0.234 e. The highest BCUT2D eigenvalue weighted by Crippen LogP contribution is 1.91. The molecule has 2 N–H and O–H groups in total. The Labute approximate surface area is 105 Å². The van der Waals surface area contributed by atoms with Crippen LogP contribution >= 0.6 is 0 Å². The van der Waals surface area contributed by atoms with Gasteiger partial charge in [0.25, 0.3) is 0 Å². The third kappa shape index (κ3) is 9.09. The van der Waals surface area contributed by atoms with Gasteiger partial charge in [-0.25, -0.2) is 0 Å². The minimum absolute atomic E-state index is 0.0424. The quantitative estimate of drug-likeness (QED) is 0.535. The summed E-state index contributed by atoms with van der Waals surface area (Å²) in [7, 11) is 1.65. The van der Waals surface area contributed by atoms with Crippen molar-refractivity contribution in [3.63, 3.8) is 0 Å². The summed E-state index contributed by atoms with van der Waals surface area (Å²) in [4.78, 5) is 13.8. The topological polar surface area (TPSA) is 53.6 Å². The van der Waals surface area contributed by atoms with Crippen molar-refractivity contribution in [1.82, 2.24) is 15.5 Å². The molecule has 0 rings (SSSR count). The van der Waals surface area contributed by atoms with Crippen molar-refractivity contribution in [2.75, 3.05) is 46.4 Å². The van der Waals surface area contributed by atoms with Gasteiger partial charge in [0.1, 0.15) is 0 Å². The molecule has 0 aromatic rings. The van der Waals surface area contributed by atoms with Gasteiger partial charge in [-0.1, -0.05) is 13.8 Å². The van der Waals surface area contributed by atoms with E-state index < -0.39 is 0 Å². The van der Waals surface area contributed by atoms with E-state index in [1.54, 1.807) is 7.11 Å². The number of likely N-dealkylation sites (N-methyl/N-ethyl adjacent to an activating group) is 1. The van der Waals surface area contributed by atoms with E-state index in [0.29, 0.717) is 19.7 Å². The molecule has 0 aromatic heterocycles. The standard InChI is InChI=1S/C12H27N3O2/c1-5-15(6-2)10-11(3)14-12(16)9-13-7-8-17-4/h11,13H,5-10H2,1-4H3,(H,14,16). The van der Waals surface area contributed by atoms with Crippen LogP contribution in [0.1, 0.15) is 20.8 Å². The second kappa shape index (κ2) is 10.5. The highest BCUT2D eigenvalue weighted by Gasteiger charge is 2.09. The maximum Gasteiger partial charge on any atom is 0.234 e. The monoisotopic (exact) mass is 245 g/mol. The van der Waals surface area contributed by atoms with E-state index in [0.717, 1.165) is 19.6 Å². The molecule has 17 heavy (non-hydrogen) atoms. The molecule has 0 fully saturated rings. The molecule has 0 aromatic carbocycles. The Morgan fingerprint density at radius 2 is 2.00 bits per heavy atom. The predicted octanol–water partition coefficient (Wildman–Crippen LogP) is 0.0689. The van der Waals surface area contributed by atoms with E-state index in [9.17, 15) is 4.79 Å². The van der Waals surface area contributed by atoms with E-state index >= 15 is 0 Å².